The van der Waals surface area contributed by atoms with Crippen molar-refractivity contribution < 1.29 is 33.8 Å². The van der Waals surface area contributed by atoms with E-state index in [9.17, 15) is 24.3 Å². The first-order valence-corrected chi connectivity index (χ1v) is 19.5. The number of aliphatic hydroxyl groups is 1. The van der Waals surface area contributed by atoms with Crippen LogP contribution in [0.1, 0.15) is 82.5 Å². The van der Waals surface area contributed by atoms with Gasteiger partial charge in [0.05, 0.1) is 43.6 Å². The van der Waals surface area contributed by atoms with Crippen molar-refractivity contribution in [3.63, 3.8) is 0 Å². The van der Waals surface area contributed by atoms with Gasteiger partial charge >= 0.3 is 6.09 Å². The fourth-order valence-electron chi connectivity index (χ4n) is 7.58. The van der Waals surface area contributed by atoms with Gasteiger partial charge in [0, 0.05) is 31.8 Å². The third-order valence-electron chi connectivity index (χ3n) is 10.5. The summed E-state index contributed by atoms with van der Waals surface area (Å²) in [6.45, 7) is 5.94. The van der Waals surface area contributed by atoms with Crippen LogP contribution in [-0.4, -0.2) is 93.3 Å². The summed E-state index contributed by atoms with van der Waals surface area (Å²) in [6, 6.07) is 15.9. The number of hydrogen-bond donors (Lipinski definition) is 5. The van der Waals surface area contributed by atoms with Crippen LogP contribution in [0, 0.1) is 11.8 Å². The van der Waals surface area contributed by atoms with Gasteiger partial charge < -0.3 is 40.4 Å². The Kier molecular flexibility index (Phi) is 14.8. The number of amides is 4. The lowest BCUT2D eigenvalue weighted by atomic mass is 9.81. The zero-order chi connectivity index (χ0) is 39.4. The second-order valence-electron chi connectivity index (χ2n) is 16.0. The molecule has 298 valence electrons. The first kappa shape index (κ1) is 41.4. The summed E-state index contributed by atoms with van der Waals surface area (Å²) in [5.41, 5.74) is 1.65. The lowest BCUT2D eigenvalue weighted by molar-refractivity contribution is -0.136. The molecule has 0 unspecified atom stereocenters. The van der Waals surface area contributed by atoms with Gasteiger partial charge in [-0.1, -0.05) is 92.8 Å². The number of carbonyl (C=O) groups excluding carboxylic acids is 4. The molecule has 1 saturated carbocycles. The molecule has 1 saturated heterocycles. The Bertz CT molecular complexity index is 1660. The van der Waals surface area contributed by atoms with Crippen LogP contribution in [0.2, 0.25) is 0 Å². The minimum atomic E-state index is -1.16. The summed E-state index contributed by atoms with van der Waals surface area (Å²) >= 11 is 0. The number of aromatic nitrogens is 2. The maximum atomic E-state index is 14.4. The summed E-state index contributed by atoms with van der Waals surface area (Å²) < 4.78 is 11.5. The van der Waals surface area contributed by atoms with E-state index in [1.54, 1.807) is 38.9 Å². The number of rotatable bonds is 17. The minimum Gasteiger partial charge on any atom is -0.444 e. The summed E-state index contributed by atoms with van der Waals surface area (Å²) in [6.07, 6.45) is 7.48. The number of nitrogens with zero attached hydrogens (tertiary/aromatic N) is 2. The van der Waals surface area contributed by atoms with Crippen LogP contribution in [0.3, 0.4) is 0 Å². The molecule has 2 aliphatic rings. The van der Waals surface area contributed by atoms with Gasteiger partial charge in [-0.05, 0) is 50.7 Å². The molecule has 6 atom stereocenters. The highest BCUT2D eigenvalue weighted by atomic mass is 16.6. The number of ether oxygens (including phenoxy) is 2. The molecule has 2 heterocycles. The third-order valence-corrected chi connectivity index (χ3v) is 10.5. The number of imidazole rings is 1. The molecule has 1 aliphatic carbocycles. The van der Waals surface area contributed by atoms with E-state index in [0.29, 0.717) is 31.7 Å². The average Bonchev–Trinajstić information content (AvgIpc) is 3.78. The van der Waals surface area contributed by atoms with E-state index in [-0.39, 0.29) is 30.7 Å². The number of likely N-dealkylation sites (tertiary alicyclic amines) is 1. The highest BCUT2D eigenvalue weighted by Gasteiger charge is 2.45. The maximum absolute atomic E-state index is 14.4. The van der Waals surface area contributed by atoms with E-state index in [2.05, 4.69) is 25.9 Å². The van der Waals surface area contributed by atoms with Gasteiger partial charge in [0.2, 0.25) is 17.7 Å². The summed E-state index contributed by atoms with van der Waals surface area (Å²) in [5, 5.41) is 20.6. The third kappa shape index (κ3) is 12.6. The van der Waals surface area contributed by atoms with Crippen LogP contribution in [0.5, 0.6) is 0 Å². The van der Waals surface area contributed by atoms with Crippen molar-refractivity contribution in [1.82, 2.24) is 30.8 Å². The Hall–Kier alpha value is -4.75. The van der Waals surface area contributed by atoms with Crippen molar-refractivity contribution in [2.24, 2.45) is 11.8 Å². The molecule has 1 aromatic heterocycles. The number of benzene rings is 2. The predicted molar refractivity (Wildman–Crippen MR) is 207 cm³/mol. The Morgan fingerprint density at radius 1 is 0.909 bits per heavy atom. The number of alkyl carbamates (subject to hydrolysis) is 1. The standard InChI is InChI=1S/C42H58N6O7/c1-42(2,3)55-41(53)47-35(21-29-16-10-6-11-17-29)38(50)46-36(22-31-24-43-27-44-31)39(51)45-34(20-28-14-8-5-9-15-28)37(49)33-23-32(48(4)40(33)52)26-54-25-30-18-12-7-13-19-30/h6-7,10-13,16-19,24,27-28,32-37,49H,5,8-9,14-15,20-23,25-26H2,1-4H3,(H,43,44)(H,45,51)(H,46,50)(H,47,53)/t32-,33-,34+,35-,36-,37-/m0/s1. The normalized spacial score (nSPS) is 19.9. The second-order valence-corrected chi connectivity index (χ2v) is 16.0. The highest BCUT2D eigenvalue weighted by molar-refractivity contribution is 5.92. The molecule has 13 heteroatoms. The second kappa shape index (κ2) is 19.7. The molecule has 55 heavy (non-hydrogen) atoms. The van der Waals surface area contributed by atoms with Crippen molar-refractivity contribution in [2.45, 2.75) is 121 Å². The van der Waals surface area contributed by atoms with Gasteiger partial charge in [-0.25, -0.2) is 9.78 Å². The van der Waals surface area contributed by atoms with Gasteiger partial charge in [-0.3, -0.25) is 14.4 Å². The summed E-state index contributed by atoms with van der Waals surface area (Å²) in [7, 11) is 1.73. The van der Waals surface area contributed by atoms with Crippen molar-refractivity contribution in [3.05, 3.63) is 90.0 Å². The number of likely N-dealkylation sites (N-methyl/N-ethyl adjacent to an activating group) is 1. The van der Waals surface area contributed by atoms with Gasteiger partial charge in [-0.2, -0.15) is 0 Å². The van der Waals surface area contributed by atoms with Crippen molar-refractivity contribution in [3.8, 4) is 0 Å². The van der Waals surface area contributed by atoms with Crippen LogP contribution < -0.4 is 16.0 Å². The Labute approximate surface area is 324 Å². The Morgan fingerprint density at radius 2 is 1.55 bits per heavy atom. The van der Waals surface area contributed by atoms with Crippen LogP contribution in [-0.2, 0) is 43.3 Å². The van der Waals surface area contributed by atoms with Crippen LogP contribution in [0.15, 0.2) is 73.2 Å². The van der Waals surface area contributed by atoms with Gasteiger partial charge in [0.25, 0.3) is 0 Å². The lowest BCUT2D eigenvalue weighted by Gasteiger charge is -2.33. The van der Waals surface area contributed by atoms with Crippen LogP contribution in [0.25, 0.3) is 0 Å². The molecule has 0 bridgehead atoms. The lowest BCUT2D eigenvalue weighted by Crippen LogP contribution is -2.58. The smallest absolute Gasteiger partial charge is 0.408 e. The number of hydrogen-bond acceptors (Lipinski definition) is 8. The molecule has 0 spiro atoms. The molecule has 3 aromatic rings. The minimum absolute atomic E-state index is 0.0697. The van der Waals surface area contributed by atoms with Crippen molar-refractivity contribution in [1.29, 1.82) is 0 Å². The highest BCUT2D eigenvalue weighted by Crippen LogP contribution is 2.33. The molecule has 0 radical (unpaired) electrons. The number of carbonyl (C=O) groups is 4. The molecule has 4 amide bonds. The molecule has 5 rings (SSSR count). The SMILES string of the molecule is CN1C(=O)[C@H]([C@H](O)[C@@H](CC2CCCCC2)NC(=O)[C@H](Cc2cnc[nH]2)NC(=O)[C@H](Cc2ccccc2)NC(=O)OC(C)(C)C)C[C@H]1COCc1ccccc1. The molecular formula is C42H58N6O7. The number of aromatic amines is 1. The van der Waals surface area contributed by atoms with Gasteiger partial charge in [0.15, 0.2) is 0 Å². The van der Waals surface area contributed by atoms with E-state index in [0.717, 1.165) is 43.2 Å². The van der Waals surface area contributed by atoms with Crippen molar-refractivity contribution >= 4 is 23.8 Å². The largest absolute Gasteiger partial charge is 0.444 e. The summed E-state index contributed by atoms with van der Waals surface area (Å²) in [4.78, 5) is 63.7. The first-order chi connectivity index (χ1) is 26.4. The fourth-order valence-corrected chi connectivity index (χ4v) is 7.58. The monoisotopic (exact) mass is 758 g/mol. The average molecular weight is 759 g/mol. The molecule has 2 aromatic carbocycles. The Morgan fingerprint density at radius 3 is 2.18 bits per heavy atom. The number of nitrogens with one attached hydrogen (secondary N) is 4. The molecule has 13 nitrogen and oxygen atoms in total. The van der Waals surface area contributed by atoms with Gasteiger partial charge in [0.1, 0.15) is 17.7 Å². The predicted octanol–water partition coefficient (Wildman–Crippen LogP) is 4.45. The van der Waals surface area contributed by atoms with E-state index in [4.69, 9.17) is 9.47 Å². The number of H-pyrrole nitrogens is 1. The quantitative estimate of drug-likeness (QED) is 0.134. The number of aliphatic hydroxyl groups excluding tert-OH is 1. The zero-order valence-corrected chi connectivity index (χ0v) is 32.5. The van der Waals surface area contributed by atoms with E-state index >= 15 is 0 Å². The first-order valence-electron chi connectivity index (χ1n) is 19.5. The van der Waals surface area contributed by atoms with E-state index in [1.807, 2.05) is 60.7 Å². The van der Waals surface area contributed by atoms with Crippen molar-refractivity contribution in [2.75, 3.05) is 13.7 Å². The Balaban J connectivity index is 1.33. The molecule has 5 N–H and O–H groups in total. The van der Waals surface area contributed by atoms with Crippen LogP contribution >= 0.6 is 0 Å². The maximum Gasteiger partial charge on any atom is 0.408 e. The van der Waals surface area contributed by atoms with Gasteiger partial charge in [-0.15, -0.1) is 0 Å². The van der Waals surface area contributed by atoms with E-state index < -0.39 is 53.7 Å². The van der Waals surface area contributed by atoms with E-state index in [1.165, 1.54) is 6.33 Å². The topological polar surface area (TPSA) is 175 Å². The zero-order valence-electron chi connectivity index (χ0n) is 32.5. The molecular weight excluding hydrogens is 700 g/mol. The molecule has 1 aliphatic heterocycles. The fraction of sp³-hybridized carbons (Fsp3) is 0.548. The molecule has 2 fully saturated rings. The van der Waals surface area contributed by atoms with Crippen LogP contribution in [0.4, 0.5) is 4.79 Å². The summed E-state index contributed by atoms with van der Waals surface area (Å²) in [5.74, 6) is -1.76.